The zero-order valence-electron chi connectivity index (χ0n) is 6.97. The second-order valence-electron chi connectivity index (χ2n) is 2.99. The van der Waals surface area contributed by atoms with Gasteiger partial charge in [-0.3, -0.25) is 5.32 Å². The van der Waals surface area contributed by atoms with Crippen LogP contribution in [-0.4, -0.2) is 18.8 Å². The molecule has 0 aliphatic carbocycles. The molecule has 1 rings (SSSR count). The topological polar surface area (TPSA) is 47.3 Å². The van der Waals surface area contributed by atoms with Crippen LogP contribution in [0.5, 0.6) is 0 Å². The first-order chi connectivity index (χ1) is 5.27. The van der Waals surface area contributed by atoms with Gasteiger partial charge in [0.2, 0.25) is 0 Å². The molecule has 0 fully saturated rings. The maximum absolute atomic E-state index is 5.36. The molecule has 0 aromatic rings. The van der Waals surface area contributed by atoms with Gasteiger partial charge in [-0.25, -0.2) is 0 Å². The van der Waals surface area contributed by atoms with Crippen molar-refractivity contribution in [1.82, 2.24) is 5.32 Å². The van der Waals surface area contributed by atoms with Gasteiger partial charge in [-0.2, -0.15) is 0 Å². The van der Waals surface area contributed by atoms with E-state index in [-0.39, 0.29) is 5.72 Å². The van der Waals surface area contributed by atoms with E-state index in [4.69, 9.17) is 10.5 Å². The van der Waals surface area contributed by atoms with Crippen LogP contribution >= 0.6 is 0 Å². The minimum atomic E-state index is -0.171. The zero-order valence-corrected chi connectivity index (χ0v) is 6.97. The Hall–Kier alpha value is -0.540. The van der Waals surface area contributed by atoms with Crippen molar-refractivity contribution in [3.8, 4) is 0 Å². The van der Waals surface area contributed by atoms with Crippen molar-refractivity contribution in [3.05, 3.63) is 12.3 Å². The normalized spacial score (nSPS) is 28.9. The van der Waals surface area contributed by atoms with Crippen LogP contribution in [0.1, 0.15) is 19.8 Å². The second kappa shape index (κ2) is 3.74. The molecular formula is C8H16N2O. The van der Waals surface area contributed by atoms with Crippen LogP contribution in [0, 0.1) is 0 Å². The lowest BCUT2D eigenvalue weighted by Gasteiger charge is -2.24. The van der Waals surface area contributed by atoms with Crippen molar-refractivity contribution < 1.29 is 4.74 Å². The van der Waals surface area contributed by atoms with Crippen LogP contribution in [0.4, 0.5) is 0 Å². The lowest BCUT2D eigenvalue weighted by Crippen LogP contribution is -2.42. The van der Waals surface area contributed by atoms with E-state index in [9.17, 15) is 0 Å². The van der Waals surface area contributed by atoms with Crippen molar-refractivity contribution in [3.63, 3.8) is 0 Å². The number of ether oxygens (including phenoxy) is 1. The molecule has 0 saturated heterocycles. The summed E-state index contributed by atoms with van der Waals surface area (Å²) in [5, 5.41) is 3.29. The highest BCUT2D eigenvalue weighted by molar-refractivity contribution is 4.93. The van der Waals surface area contributed by atoms with Gasteiger partial charge in [-0.15, -0.1) is 0 Å². The van der Waals surface area contributed by atoms with E-state index in [2.05, 4.69) is 5.32 Å². The zero-order chi connectivity index (χ0) is 8.16. The third kappa shape index (κ3) is 2.52. The summed E-state index contributed by atoms with van der Waals surface area (Å²) in [6.07, 6.45) is 5.71. The van der Waals surface area contributed by atoms with E-state index < -0.39 is 0 Å². The molecule has 3 heteroatoms. The summed E-state index contributed by atoms with van der Waals surface area (Å²) in [6, 6.07) is 0. The Bertz CT molecular complexity index is 137. The molecule has 3 nitrogen and oxygen atoms in total. The molecule has 0 radical (unpaired) electrons. The minimum Gasteiger partial charge on any atom is -0.481 e. The lowest BCUT2D eigenvalue weighted by atomic mass is 10.2. The van der Waals surface area contributed by atoms with E-state index in [1.165, 1.54) is 0 Å². The molecular weight excluding hydrogens is 140 g/mol. The molecule has 0 spiro atoms. The Morgan fingerprint density at radius 1 is 1.73 bits per heavy atom. The fourth-order valence-corrected chi connectivity index (χ4v) is 1.09. The minimum absolute atomic E-state index is 0.171. The van der Waals surface area contributed by atoms with Crippen molar-refractivity contribution in [2.75, 3.05) is 13.1 Å². The van der Waals surface area contributed by atoms with E-state index >= 15 is 0 Å². The molecule has 64 valence electrons. The first-order valence-corrected chi connectivity index (χ1v) is 4.05. The number of hydrogen-bond acceptors (Lipinski definition) is 3. The quantitative estimate of drug-likeness (QED) is 0.585. The maximum Gasteiger partial charge on any atom is 0.160 e. The summed E-state index contributed by atoms with van der Waals surface area (Å²) < 4.78 is 5.35. The van der Waals surface area contributed by atoms with Crippen LogP contribution in [0.25, 0.3) is 0 Å². The third-order valence-electron chi connectivity index (χ3n) is 1.81. The summed E-state index contributed by atoms with van der Waals surface area (Å²) in [7, 11) is 0. The van der Waals surface area contributed by atoms with Crippen LogP contribution in [0.2, 0.25) is 0 Å². The molecule has 0 bridgehead atoms. The molecule has 3 N–H and O–H groups in total. The number of nitrogens with one attached hydrogen (secondary N) is 1. The fraction of sp³-hybridized carbons (Fsp3) is 0.750. The average molecular weight is 156 g/mol. The number of nitrogens with two attached hydrogens (primary N) is 1. The smallest absolute Gasteiger partial charge is 0.160 e. The first kappa shape index (κ1) is 8.56. The van der Waals surface area contributed by atoms with Crippen molar-refractivity contribution in [2.45, 2.75) is 25.5 Å². The molecule has 0 aromatic heterocycles. The van der Waals surface area contributed by atoms with Gasteiger partial charge in [0.15, 0.2) is 5.72 Å². The van der Waals surface area contributed by atoms with E-state index in [1.54, 1.807) is 6.26 Å². The van der Waals surface area contributed by atoms with Crippen molar-refractivity contribution in [1.29, 1.82) is 0 Å². The Morgan fingerprint density at radius 2 is 2.55 bits per heavy atom. The summed E-state index contributed by atoms with van der Waals surface area (Å²) in [4.78, 5) is 0. The SMILES string of the molecule is CC1(NCCCN)CC=CO1. The van der Waals surface area contributed by atoms with Crippen molar-refractivity contribution in [2.24, 2.45) is 5.73 Å². The predicted octanol–water partition coefficient (Wildman–Crippen LogP) is 0.575. The highest BCUT2D eigenvalue weighted by atomic mass is 16.5. The van der Waals surface area contributed by atoms with Gasteiger partial charge in [-0.05, 0) is 32.5 Å². The highest BCUT2D eigenvalue weighted by Gasteiger charge is 2.25. The lowest BCUT2D eigenvalue weighted by molar-refractivity contribution is 0.0293. The maximum atomic E-state index is 5.36. The van der Waals surface area contributed by atoms with Gasteiger partial charge in [0.1, 0.15) is 0 Å². The summed E-state index contributed by atoms with van der Waals surface area (Å²) in [5.41, 5.74) is 5.19. The predicted molar refractivity (Wildman–Crippen MR) is 44.9 cm³/mol. The van der Waals surface area contributed by atoms with E-state index in [1.807, 2.05) is 13.0 Å². The van der Waals surface area contributed by atoms with Crippen LogP contribution in [0.15, 0.2) is 12.3 Å². The summed E-state index contributed by atoms with van der Waals surface area (Å²) in [6.45, 7) is 3.70. The van der Waals surface area contributed by atoms with E-state index in [0.717, 1.165) is 25.9 Å². The molecule has 0 amide bonds. The fourth-order valence-electron chi connectivity index (χ4n) is 1.09. The van der Waals surface area contributed by atoms with Gasteiger partial charge in [-0.1, -0.05) is 0 Å². The standard InChI is InChI=1S/C8H16N2O/c1-8(4-2-7-11-8)10-6-3-5-9/h2,7,10H,3-6,9H2,1H3. The van der Waals surface area contributed by atoms with E-state index in [0.29, 0.717) is 0 Å². The average Bonchev–Trinajstić information content (AvgIpc) is 2.38. The summed E-state index contributed by atoms with van der Waals surface area (Å²) in [5.74, 6) is 0. The van der Waals surface area contributed by atoms with Gasteiger partial charge in [0.05, 0.1) is 6.26 Å². The summed E-state index contributed by atoms with van der Waals surface area (Å²) >= 11 is 0. The molecule has 1 aliphatic heterocycles. The molecule has 0 aromatic carbocycles. The highest BCUT2D eigenvalue weighted by Crippen LogP contribution is 2.18. The molecule has 1 aliphatic rings. The first-order valence-electron chi connectivity index (χ1n) is 4.05. The Morgan fingerprint density at radius 3 is 3.09 bits per heavy atom. The molecule has 0 saturated carbocycles. The monoisotopic (exact) mass is 156 g/mol. The largest absolute Gasteiger partial charge is 0.481 e. The van der Waals surface area contributed by atoms with Crippen LogP contribution < -0.4 is 11.1 Å². The van der Waals surface area contributed by atoms with Crippen molar-refractivity contribution >= 4 is 0 Å². The van der Waals surface area contributed by atoms with Gasteiger partial charge < -0.3 is 10.5 Å². The number of hydrogen-bond donors (Lipinski definition) is 2. The Balaban J connectivity index is 2.14. The Kier molecular flexibility index (Phi) is 2.91. The van der Waals surface area contributed by atoms with Crippen LogP contribution in [0.3, 0.4) is 0 Å². The molecule has 1 unspecified atom stereocenters. The molecule has 1 atom stereocenters. The Labute approximate surface area is 67.6 Å². The number of rotatable bonds is 4. The van der Waals surface area contributed by atoms with Crippen LogP contribution in [-0.2, 0) is 4.74 Å². The third-order valence-corrected chi connectivity index (χ3v) is 1.81. The molecule has 1 heterocycles. The van der Waals surface area contributed by atoms with Gasteiger partial charge >= 0.3 is 0 Å². The molecule has 11 heavy (non-hydrogen) atoms. The second-order valence-corrected chi connectivity index (χ2v) is 2.99. The van der Waals surface area contributed by atoms with Gasteiger partial charge in [0.25, 0.3) is 0 Å². The van der Waals surface area contributed by atoms with Gasteiger partial charge in [0, 0.05) is 6.42 Å².